The number of benzene rings is 1. The van der Waals surface area contributed by atoms with Crippen LogP contribution in [0.25, 0.3) is 10.9 Å². The van der Waals surface area contributed by atoms with Crippen LogP contribution >= 0.6 is 0 Å². The molecule has 0 aliphatic carbocycles. The summed E-state index contributed by atoms with van der Waals surface area (Å²) in [7, 11) is 0. The molecule has 0 bridgehead atoms. The van der Waals surface area contributed by atoms with Gasteiger partial charge in [-0.1, -0.05) is 44.5 Å². The van der Waals surface area contributed by atoms with Crippen LogP contribution in [0.2, 0.25) is 0 Å². The normalized spacial score (nSPS) is 13.4. The van der Waals surface area contributed by atoms with Gasteiger partial charge in [-0.15, -0.1) is 0 Å². The minimum absolute atomic E-state index is 0.0822. The fraction of sp³-hybridized carbons (Fsp3) is 0.360. The van der Waals surface area contributed by atoms with Crippen molar-refractivity contribution in [2.75, 3.05) is 6.54 Å². The number of pyridine rings is 1. The maximum atomic E-state index is 13.0. The summed E-state index contributed by atoms with van der Waals surface area (Å²) in [5, 5.41) is 15.7. The van der Waals surface area contributed by atoms with Crippen molar-refractivity contribution >= 4 is 34.6 Å². The van der Waals surface area contributed by atoms with E-state index in [0.29, 0.717) is 18.4 Å². The summed E-state index contributed by atoms with van der Waals surface area (Å²) in [5.41, 5.74) is 11.4. The first-order chi connectivity index (χ1) is 17.7. The van der Waals surface area contributed by atoms with Gasteiger partial charge in [-0.25, -0.2) is 14.8 Å². The molecule has 2 aromatic heterocycles. The third kappa shape index (κ3) is 7.26. The molecule has 2 amide bonds. The van der Waals surface area contributed by atoms with Crippen molar-refractivity contribution in [3.05, 3.63) is 59.9 Å². The number of carbonyl (C=O) groups is 3. The number of hydrogen-bond donors (Lipinski definition) is 5. The van der Waals surface area contributed by atoms with Crippen molar-refractivity contribution in [1.82, 2.24) is 20.6 Å². The van der Waals surface area contributed by atoms with Crippen LogP contribution in [0.4, 0.5) is 0 Å². The fourth-order valence-electron chi connectivity index (χ4n) is 3.62. The molecule has 12 nitrogen and oxygen atoms in total. The molecule has 7 N–H and O–H groups in total. The molecule has 1 aromatic carbocycles. The lowest BCUT2D eigenvalue weighted by Gasteiger charge is -2.21. The Labute approximate surface area is 213 Å². The van der Waals surface area contributed by atoms with Crippen LogP contribution in [0.5, 0.6) is 0 Å². The topological polar surface area (TPSA) is 199 Å². The molecule has 0 aliphatic rings. The Balaban J connectivity index is 1.72. The summed E-state index contributed by atoms with van der Waals surface area (Å²) in [5.74, 6) is -2.36. The summed E-state index contributed by atoms with van der Waals surface area (Å²) in [4.78, 5) is 49.7. The summed E-state index contributed by atoms with van der Waals surface area (Å²) in [6.07, 6.45) is 2.30. The van der Waals surface area contributed by atoms with E-state index < -0.39 is 29.9 Å². The highest BCUT2D eigenvalue weighted by Crippen LogP contribution is 2.25. The molecule has 0 unspecified atom stereocenters. The number of guanidine groups is 1. The molecule has 12 heteroatoms. The molecule has 0 spiro atoms. The number of carboxylic acids is 1. The summed E-state index contributed by atoms with van der Waals surface area (Å²) < 4.78 is 5.54. The third-order valence-electron chi connectivity index (χ3n) is 5.90. The highest BCUT2D eigenvalue weighted by atomic mass is 16.4. The van der Waals surface area contributed by atoms with E-state index in [4.69, 9.17) is 15.9 Å². The Hall–Kier alpha value is -4.48. The van der Waals surface area contributed by atoms with Crippen LogP contribution in [0.3, 0.4) is 0 Å². The van der Waals surface area contributed by atoms with Gasteiger partial charge in [0.05, 0.1) is 5.52 Å². The SMILES string of the molecule is CC[C@H](C)[C@H](NC(=O)c1ccc2ccccc2n1)c1nc(C(=O)N[C@@H](CCCN=C(N)N)C(=O)O)co1. The van der Waals surface area contributed by atoms with Gasteiger partial charge >= 0.3 is 5.97 Å². The Bertz CT molecular complexity index is 1290. The van der Waals surface area contributed by atoms with Crippen molar-refractivity contribution < 1.29 is 23.9 Å². The number of hydrogen-bond acceptors (Lipinski definition) is 7. The Kier molecular flexibility index (Phi) is 9.14. The highest BCUT2D eigenvalue weighted by molar-refractivity contribution is 5.96. The number of carboxylic acid groups (broad SMARTS) is 1. The lowest BCUT2D eigenvalue weighted by atomic mass is 9.99. The number of nitrogens with one attached hydrogen (secondary N) is 2. The van der Waals surface area contributed by atoms with E-state index in [1.54, 1.807) is 6.07 Å². The predicted molar refractivity (Wildman–Crippen MR) is 137 cm³/mol. The molecule has 0 aliphatic heterocycles. The first-order valence-corrected chi connectivity index (χ1v) is 11.9. The standard InChI is InChI=1S/C25H31N7O5/c1-3-14(2)20(32-21(33)17-11-10-15-7-4-5-8-16(15)29-17)23-31-19(13-37-23)22(34)30-18(24(35)36)9-6-12-28-25(26)27/h4-5,7-8,10-11,13-14,18,20H,3,6,9,12H2,1-2H3,(H,30,34)(H,32,33)(H,35,36)(H4,26,27,28)/t14-,18-,20-/m0/s1. The molecule has 37 heavy (non-hydrogen) atoms. The van der Waals surface area contributed by atoms with Gasteiger partial charge in [0.25, 0.3) is 11.8 Å². The Morgan fingerprint density at radius 3 is 2.49 bits per heavy atom. The lowest BCUT2D eigenvalue weighted by molar-refractivity contribution is -0.139. The van der Waals surface area contributed by atoms with Crippen molar-refractivity contribution in [2.45, 2.75) is 45.2 Å². The van der Waals surface area contributed by atoms with Gasteiger partial charge in [-0.05, 0) is 30.9 Å². The van der Waals surface area contributed by atoms with E-state index in [-0.39, 0.29) is 42.1 Å². The van der Waals surface area contributed by atoms with Crippen LogP contribution in [-0.2, 0) is 4.79 Å². The first-order valence-electron chi connectivity index (χ1n) is 11.9. The van der Waals surface area contributed by atoms with Crippen LogP contribution < -0.4 is 22.1 Å². The largest absolute Gasteiger partial charge is 0.480 e. The van der Waals surface area contributed by atoms with Crippen molar-refractivity contribution in [1.29, 1.82) is 0 Å². The van der Waals surface area contributed by atoms with Crippen molar-refractivity contribution in [2.24, 2.45) is 22.4 Å². The second-order valence-electron chi connectivity index (χ2n) is 8.61. The molecule has 0 fully saturated rings. The van der Waals surface area contributed by atoms with Gasteiger partial charge in [-0.3, -0.25) is 14.6 Å². The average molecular weight is 510 g/mol. The van der Waals surface area contributed by atoms with E-state index in [0.717, 1.165) is 11.6 Å². The van der Waals surface area contributed by atoms with Gasteiger partial charge < -0.3 is 31.6 Å². The minimum Gasteiger partial charge on any atom is -0.480 e. The average Bonchev–Trinajstić information content (AvgIpc) is 3.38. The monoisotopic (exact) mass is 509 g/mol. The second-order valence-corrected chi connectivity index (χ2v) is 8.61. The molecule has 2 heterocycles. The number of fused-ring (bicyclic) bond motifs is 1. The zero-order valence-corrected chi connectivity index (χ0v) is 20.7. The van der Waals surface area contributed by atoms with Crippen LogP contribution in [0.15, 0.2) is 52.1 Å². The van der Waals surface area contributed by atoms with E-state index in [1.807, 2.05) is 44.2 Å². The van der Waals surface area contributed by atoms with Crippen molar-refractivity contribution in [3.8, 4) is 0 Å². The first kappa shape index (κ1) is 27.1. The number of para-hydroxylation sites is 1. The van der Waals surface area contributed by atoms with Gasteiger partial charge in [-0.2, -0.15) is 0 Å². The number of aromatic nitrogens is 2. The van der Waals surface area contributed by atoms with Gasteiger partial charge in [0.1, 0.15) is 24.0 Å². The summed E-state index contributed by atoms with van der Waals surface area (Å²) in [6.45, 7) is 4.10. The van der Waals surface area contributed by atoms with Crippen molar-refractivity contribution in [3.63, 3.8) is 0 Å². The summed E-state index contributed by atoms with van der Waals surface area (Å²) >= 11 is 0. The second kappa shape index (κ2) is 12.5. The number of rotatable bonds is 12. The third-order valence-corrected chi connectivity index (χ3v) is 5.90. The molecule has 0 saturated carbocycles. The number of oxazole rings is 1. The van der Waals surface area contributed by atoms with Gasteiger partial charge in [0.2, 0.25) is 5.89 Å². The van der Waals surface area contributed by atoms with Crippen LogP contribution in [-0.4, -0.2) is 51.4 Å². The molecular weight excluding hydrogens is 478 g/mol. The molecule has 0 saturated heterocycles. The number of aliphatic imine (C=N–C) groups is 1. The smallest absolute Gasteiger partial charge is 0.326 e. The summed E-state index contributed by atoms with van der Waals surface area (Å²) in [6, 6.07) is 9.13. The van der Waals surface area contributed by atoms with Crippen LogP contribution in [0.1, 0.15) is 66.0 Å². The Morgan fingerprint density at radius 2 is 1.78 bits per heavy atom. The number of aliphatic carboxylic acids is 1. The lowest BCUT2D eigenvalue weighted by Crippen LogP contribution is -2.41. The maximum Gasteiger partial charge on any atom is 0.326 e. The number of nitrogens with two attached hydrogens (primary N) is 2. The van der Waals surface area contributed by atoms with E-state index in [1.165, 1.54) is 0 Å². The molecule has 0 radical (unpaired) electrons. The number of amides is 2. The number of nitrogens with zero attached hydrogens (tertiary/aromatic N) is 3. The zero-order chi connectivity index (χ0) is 26.9. The fourth-order valence-corrected chi connectivity index (χ4v) is 3.62. The highest BCUT2D eigenvalue weighted by Gasteiger charge is 2.28. The number of carbonyl (C=O) groups excluding carboxylic acids is 2. The predicted octanol–water partition coefficient (Wildman–Crippen LogP) is 1.98. The molecule has 196 valence electrons. The van der Waals surface area contributed by atoms with Gasteiger partial charge in [0.15, 0.2) is 11.7 Å². The van der Waals surface area contributed by atoms with E-state index in [2.05, 4.69) is 25.6 Å². The maximum absolute atomic E-state index is 13.0. The zero-order valence-electron chi connectivity index (χ0n) is 20.7. The molecular formula is C25H31N7O5. The van der Waals surface area contributed by atoms with Crippen LogP contribution in [0, 0.1) is 5.92 Å². The minimum atomic E-state index is -1.20. The molecule has 3 atom stereocenters. The quantitative estimate of drug-likeness (QED) is 0.138. The molecule has 3 rings (SSSR count). The molecule has 3 aromatic rings. The van der Waals surface area contributed by atoms with E-state index >= 15 is 0 Å². The van der Waals surface area contributed by atoms with E-state index in [9.17, 15) is 19.5 Å². The Morgan fingerprint density at radius 1 is 1.05 bits per heavy atom. The van der Waals surface area contributed by atoms with Gasteiger partial charge in [0, 0.05) is 11.9 Å².